The average Bonchev–Trinajstić information content (AvgIpc) is 3.53. The van der Waals surface area contributed by atoms with Crippen LogP contribution in [0, 0.1) is 11.2 Å². The number of carbonyl (C=O) groups excluding carboxylic acids is 1. The number of halogens is 2. The summed E-state index contributed by atoms with van der Waals surface area (Å²) in [6.45, 7) is 6.91. The summed E-state index contributed by atoms with van der Waals surface area (Å²) in [5, 5.41) is 3.96. The van der Waals surface area contributed by atoms with E-state index in [4.69, 9.17) is 21.1 Å². The van der Waals surface area contributed by atoms with Crippen molar-refractivity contribution in [3.05, 3.63) is 130 Å². The number of fused-ring (bicyclic) bond motifs is 1. The van der Waals surface area contributed by atoms with Gasteiger partial charge in [0.05, 0.1) is 29.0 Å². The van der Waals surface area contributed by atoms with Crippen LogP contribution in [0.5, 0.6) is 11.5 Å². The van der Waals surface area contributed by atoms with E-state index in [0.717, 1.165) is 43.2 Å². The molecule has 1 saturated heterocycles. The van der Waals surface area contributed by atoms with Crippen LogP contribution < -0.4 is 15.6 Å². The van der Waals surface area contributed by atoms with Crippen molar-refractivity contribution in [2.24, 2.45) is 5.41 Å². The van der Waals surface area contributed by atoms with Crippen LogP contribution in [0.2, 0.25) is 5.02 Å². The highest BCUT2D eigenvalue weighted by Crippen LogP contribution is 2.50. The van der Waals surface area contributed by atoms with Crippen LogP contribution in [0.3, 0.4) is 0 Å². The maximum Gasteiger partial charge on any atom is 0.410 e. The maximum atomic E-state index is 15.3. The third-order valence-corrected chi connectivity index (χ3v) is 10.5. The Balaban J connectivity index is 1.10. The van der Waals surface area contributed by atoms with E-state index in [2.05, 4.69) is 10.3 Å². The standard InChI is InChI=1S/C41H42ClFN4O4/c1-40(2,3)51-39(49)46-22-20-41(21-23-46)19-18-29(25-41)47-26-44-33-16-14-30(24-31(33)38(47)48)50-37-32(43)15-17-34(35(37)42)45-36(27-10-6-4-7-11-27)28-12-8-5-9-13-28/h4-17,24,26,29,36,45H,18-23,25H2,1-3H3/t29-/m0/s1. The second-order valence-electron chi connectivity index (χ2n) is 14.7. The number of likely N-dealkylation sites (tertiary alicyclic amines) is 1. The number of nitrogens with one attached hydrogen (secondary N) is 1. The molecule has 2 heterocycles. The number of hydrogen-bond acceptors (Lipinski definition) is 6. The van der Waals surface area contributed by atoms with Crippen molar-refractivity contribution < 1.29 is 18.7 Å². The van der Waals surface area contributed by atoms with Gasteiger partial charge in [-0.05, 0) is 99.7 Å². The smallest absolute Gasteiger partial charge is 0.410 e. The Morgan fingerprint density at radius 2 is 1.63 bits per heavy atom. The van der Waals surface area contributed by atoms with E-state index in [9.17, 15) is 9.59 Å². The predicted molar refractivity (Wildman–Crippen MR) is 198 cm³/mol. The molecule has 51 heavy (non-hydrogen) atoms. The molecule has 1 N–H and O–H groups in total. The average molecular weight is 709 g/mol. The lowest BCUT2D eigenvalue weighted by atomic mass is 9.77. The number of benzene rings is 4. The van der Waals surface area contributed by atoms with Gasteiger partial charge < -0.3 is 19.7 Å². The minimum absolute atomic E-state index is 0.0103. The largest absolute Gasteiger partial charge is 0.453 e. The zero-order valence-electron chi connectivity index (χ0n) is 29.1. The summed E-state index contributed by atoms with van der Waals surface area (Å²) in [6, 6.07) is 27.5. The minimum atomic E-state index is -0.626. The molecule has 10 heteroatoms. The Bertz CT molecular complexity index is 2050. The van der Waals surface area contributed by atoms with Crippen molar-refractivity contribution in [1.29, 1.82) is 0 Å². The molecule has 0 radical (unpaired) electrons. The number of piperidine rings is 1. The van der Waals surface area contributed by atoms with Gasteiger partial charge in [-0.2, -0.15) is 0 Å². The summed E-state index contributed by atoms with van der Waals surface area (Å²) < 4.78 is 28.7. The molecule has 5 aromatic rings. The van der Waals surface area contributed by atoms with Gasteiger partial charge in [0.2, 0.25) is 0 Å². The molecule has 4 aromatic carbocycles. The molecule has 264 valence electrons. The van der Waals surface area contributed by atoms with Gasteiger partial charge in [0.1, 0.15) is 16.4 Å². The molecule has 7 rings (SSSR count). The number of anilines is 1. The van der Waals surface area contributed by atoms with E-state index in [-0.39, 0.29) is 45.7 Å². The molecule has 8 nitrogen and oxygen atoms in total. The summed E-state index contributed by atoms with van der Waals surface area (Å²) in [4.78, 5) is 33.0. The van der Waals surface area contributed by atoms with Crippen LogP contribution in [-0.4, -0.2) is 39.2 Å². The van der Waals surface area contributed by atoms with E-state index in [1.165, 1.54) is 6.07 Å². The quantitative estimate of drug-likeness (QED) is 0.181. The zero-order valence-corrected chi connectivity index (χ0v) is 29.8. The Morgan fingerprint density at radius 1 is 0.961 bits per heavy atom. The first-order valence-corrected chi connectivity index (χ1v) is 17.9. The highest BCUT2D eigenvalue weighted by molar-refractivity contribution is 6.34. The Morgan fingerprint density at radius 3 is 2.27 bits per heavy atom. The zero-order chi connectivity index (χ0) is 35.8. The van der Waals surface area contributed by atoms with Crippen molar-refractivity contribution in [3.8, 4) is 11.5 Å². The number of aromatic nitrogens is 2. The summed E-state index contributed by atoms with van der Waals surface area (Å²) in [6.07, 6.45) is 5.77. The van der Waals surface area contributed by atoms with Gasteiger partial charge in [-0.25, -0.2) is 14.2 Å². The fourth-order valence-electron chi connectivity index (χ4n) is 7.46. The highest BCUT2D eigenvalue weighted by Gasteiger charge is 2.43. The lowest BCUT2D eigenvalue weighted by molar-refractivity contribution is 0.0103. The topological polar surface area (TPSA) is 85.7 Å². The lowest BCUT2D eigenvalue weighted by Gasteiger charge is -2.40. The second kappa shape index (κ2) is 14.0. The minimum Gasteiger partial charge on any atom is -0.453 e. The molecule has 1 saturated carbocycles. The summed E-state index contributed by atoms with van der Waals surface area (Å²) in [5.41, 5.74) is 2.43. The first-order chi connectivity index (χ1) is 24.5. The molecule has 1 aliphatic heterocycles. The molecule has 2 aliphatic rings. The van der Waals surface area contributed by atoms with Gasteiger partial charge in [-0.15, -0.1) is 0 Å². The van der Waals surface area contributed by atoms with E-state index in [1.807, 2.05) is 81.4 Å². The molecule has 0 bridgehead atoms. The first-order valence-electron chi connectivity index (χ1n) is 17.5. The Hall–Kier alpha value is -4.89. The van der Waals surface area contributed by atoms with Crippen molar-refractivity contribution >= 4 is 34.3 Å². The van der Waals surface area contributed by atoms with Crippen molar-refractivity contribution in [1.82, 2.24) is 14.5 Å². The molecule has 1 aliphatic carbocycles. The van der Waals surface area contributed by atoms with Crippen LogP contribution in [0.1, 0.15) is 76.1 Å². The van der Waals surface area contributed by atoms with Crippen molar-refractivity contribution in [3.63, 3.8) is 0 Å². The van der Waals surface area contributed by atoms with Gasteiger partial charge in [-0.3, -0.25) is 9.36 Å². The summed E-state index contributed by atoms with van der Waals surface area (Å²) >= 11 is 6.83. The van der Waals surface area contributed by atoms with Crippen LogP contribution in [0.15, 0.2) is 102 Å². The highest BCUT2D eigenvalue weighted by atomic mass is 35.5. The SMILES string of the molecule is CC(C)(C)OC(=O)N1CCC2(CC[C@H](n3cnc4ccc(Oc5c(F)ccc(NC(c6ccccc6)c6ccccc6)c5Cl)cc4c3=O)C2)CC1. The molecule has 1 spiro atoms. The number of carbonyl (C=O) groups is 1. The molecule has 1 atom stereocenters. The Labute approximate surface area is 302 Å². The van der Waals surface area contributed by atoms with E-state index >= 15 is 4.39 Å². The fraction of sp³-hybridized carbons (Fsp3) is 0.341. The van der Waals surface area contributed by atoms with Gasteiger partial charge in [0, 0.05) is 19.1 Å². The molecule has 2 fully saturated rings. The number of ether oxygens (including phenoxy) is 2. The van der Waals surface area contributed by atoms with Gasteiger partial charge in [0.25, 0.3) is 5.56 Å². The van der Waals surface area contributed by atoms with Gasteiger partial charge in [-0.1, -0.05) is 72.3 Å². The molecular weight excluding hydrogens is 667 g/mol. The monoisotopic (exact) mass is 708 g/mol. The van der Waals surface area contributed by atoms with Crippen molar-refractivity contribution in [2.75, 3.05) is 18.4 Å². The van der Waals surface area contributed by atoms with E-state index in [0.29, 0.717) is 29.7 Å². The van der Waals surface area contributed by atoms with Gasteiger partial charge in [0.15, 0.2) is 11.6 Å². The van der Waals surface area contributed by atoms with Crippen molar-refractivity contribution in [2.45, 2.75) is 70.6 Å². The third-order valence-electron chi connectivity index (χ3n) is 10.1. The number of amides is 1. The molecule has 0 unspecified atom stereocenters. The summed E-state index contributed by atoms with van der Waals surface area (Å²) in [7, 11) is 0. The van der Waals surface area contributed by atoms with Crippen LogP contribution in [0.25, 0.3) is 10.9 Å². The van der Waals surface area contributed by atoms with Gasteiger partial charge >= 0.3 is 6.09 Å². The normalized spacial score (nSPS) is 17.2. The lowest BCUT2D eigenvalue weighted by Crippen LogP contribution is -2.44. The molecule has 1 amide bonds. The number of nitrogens with zero attached hydrogens (tertiary/aromatic N) is 3. The van der Waals surface area contributed by atoms with Crippen LogP contribution >= 0.6 is 11.6 Å². The fourth-order valence-corrected chi connectivity index (χ4v) is 7.70. The van der Waals surface area contributed by atoms with E-state index < -0.39 is 11.4 Å². The number of hydrogen-bond donors (Lipinski definition) is 1. The first kappa shape index (κ1) is 34.6. The maximum absolute atomic E-state index is 15.3. The molecule has 1 aromatic heterocycles. The van der Waals surface area contributed by atoms with Crippen LogP contribution in [-0.2, 0) is 4.74 Å². The van der Waals surface area contributed by atoms with E-state index in [1.54, 1.807) is 40.1 Å². The Kier molecular flexibility index (Phi) is 9.50. The number of rotatable bonds is 7. The third kappa shape index (κ3) is 7.45. The second-order valence-corrected chi connectivity index (χ2v) is 15.1. The summed E-state index contributed by atoms with van der Waals surface area (Å²) in [5.74, 6) is -0.489. The predicted octanol–water partition coefficient (Wildman–Crippen LogP) is 9.93. The molecular formula is C41H42ClFN4O4. The van der Waals surface area contributed by atoms with Crippen LogP contribution in [0.4, 0.5) is 14.9 Å².